The van der Waals surface area contributed by atoms with Gasteiger partial charge in [0.2, 0.25) is 5.91 Å². The van der Waals surface area contributed by atoms with E-state index in [-0.39, 0.29) is 17.5 Å². The highest BCUT2D eigenvalue weighted by atomic mass is 19.1. The summed E-state index contributed by atoms with van der Waals surface area (Å²) in [5.74, 6) is 0.0607. The fourth-order valence-corrected chi connectivity index (χ4v) is 3.56. The predicted molar refractivity (Wildman–Crippen MR) is 101 cm³/mol. The summed E-state index contributed by atoms with van der Waals surface area (Å²) >= 11 is 0. The molecule has 1 aliphatic rings. The molecule has 1 saturated heterocycles. The monoisotopic (exact) mass is 374 g/mol. The molecule has 0 radical (unpaired) electrons. The molecule has 1 aromatic heterocycles. The van der Waals surface area contributed by atoms with Gasteiger partial charge in [0.25, 0.3) is 0 Å². The number of nitrogens with zero attached hydrogens (tertiary/aromatic N) is 4. The lowest BCUT2D eigenvalue weighted by Crippen LogP contribution is -2.48. The number of ether oxygens (including phenoxy) is 1. The van der Waals surface area contributed by atoms with Gasteiger partial charge >= 0.3 is 0 Å². The first-order chi connectivity index (χ1) is 12.9. The number of aryl methyl sites for hydroxylation is 2. The lowest BCUT2D eigenvalue weighted by Gasteiger charge is -2.35. The predicted octanol–water partition coefficient (Wildman–Crippen LogP) is 2.07. The number of amides is 1. The van der Waals surface area contributed by atoms with E-state index < -0.39 is 0 Å². The van der Waals surface area contributed by atoms with Gasteiger partial charge in [-0.3, -0.25) is 14.4 Å². The van der Waals surface area contributed by atoms with E-state index in [0.29, 0.717) is 26.1 Å². The molecule has 7 heteroatoms. The molecule has 3 rings (SSSR count). The van der Waals surface area contributed by atoms with Crippen molar-refractivity contribution in [3.05, 3.63) is 46.5 Å². The van der Waals surface area contributed by atoms with Crippen LogP contribution >= 0.6 is 0 Å². The van der Waals surface area contributed by atoms with Gasteiger partial charge in [0, 0.05) is 51.0 Å². The molecule has 6 nitrogen and oxygen atoms in total. The highest BCUT2D eigenvalue weighted by molar-refractivity contribution is 5.79. The average molecular weight is 374 g/mol. The summed E-state index contributed by atoms with van der Waals surface area (Å²) in [7, 11) is 3.36. The Kier molecular flexibility index (Phi) is 5.79. The van der Waals surface area contributed by atoms with Crippen molar-refractivity contribution in [2.75, 3.05) is 33.3 Å². The lowest BCUT2D eigenvalue weighted by molar-refractivity contribution is -0.132. The fourth-order valence-electron chi connectivity index (χ4n) is 3.56. The summed E-state index contributed by atoms with van der Waals surface area (Å²) in [5.41, 5.74) is 3.90. The smallest absolute Gasteiger partial charge is 0.227 e. The van der Waals surface area contributed by atoms with Crippen LogP contribution in [0, 0.1) is 19.7 Å². The van der Waals surface area contributed by atoms with Gasteiger partial charge in [-0.25, -0.2) is 4.39 Å². The van der Waals surface area contributed by atoms with E-state index in [1.807, 2.05) is 36.5 Å². The molecule has 0 spiro atoms. The molecule has 27 heavy (non-hydrogen) atoms. The summed E-state index contributed by atoms with van der Waals surface area (Å²) < 4.78 is 20.6. The summed E-state index contributed by atoms with van der Waals surface area (Å²) in [5, 5.41) is 4.39. The SMILES string of the molecule is COc1ccc(CN2CCN(C(=O)Cc3c(C)nn(C)c3C)CC2)cc1F. The molecule has 0 aliphatic carbocycles. The Morgan fingerprint density at radius 1 is 1.22 bits per heavy atom. The van der Waals surface area contributed by atoms with Gasteiger partial charge in [0.1, 0.15) is 0 Å². The van der Waals surface area contributed by atoms with Crippen molar-refractivity contribution in [3.8, 4) is 5.75 Å². The number of hydrogen-bond donors (Lipinski definition) is 0. The van der Waals surface area contributed by atoms with E-state index in [4.69, 9.17) is 4.74 Å². The zero-order chi connectivity index (χ0) is 19.6. The number of carbonyl (C=O) groups is 1. The summed E-state index contributed by atoms with van der Waals surface area (Å²) in [6.07, 6.45) is 0.398. The van der Waals surface area contributed by atoms with Crippen LogP contribution in [0.4, 0.5) is 4.39 Å². The van der Waals surface area contributed by atoms with Gasteiger partial charge in [-0.1, -0.05) is 6.07 Å². The number of piperazine rings is 1. The van der Waals surface area contributed by atoms with Gasteiger partial charge in [-0.15, -0.1) is 0 Å². The molecule has 146 valence electrons. The molecule has 0 atom stereocenters. The topological polar surface area (TPSA) is 50.6 Å². The third kappa shape index (κ3) is 4.30. The van der Waals surface area contributed by atoms with Crippen molar-refractivity contribution < 1.29 is 13.9 Å². The molecule has 0 saturated carbocycles. The lowest BCUT2D eigenvalue weighted by atomic mass is 10.1. The molecule has 1 fully saturated rings. The average Bonchev–Trinajstić information content (AvgIpc) is 2.88. The van der Waals surface area contributed by atoms with E-state index in [0.717, 1.165) is 35.6 Å². The largest absolute Gasteiger partial charge is 0.494 e. The molecular formula is C20H27FN4O2. The molecule has 2 aromatic rings. The number of carbonyl (C=O) groups excluding carboxylic acids is 1. The summed E-state index contributed by atoms with van der Waals surface area (Å²) in [6.45, 7) is 7.56. The summed E-state index contributed by atoms with van der Waals surface area (Å²) in [6, 6.07) is 5.06. The zero-order valence-corrected chi connectivity index (χ0v) is 16.5. The van der Waals surface area contributed by atoms with Crippen molar-refractivity contribution in [1.82, 2.24) is 19.6 Å². The van der Waals surface area contributed by atoms with Crippen LogP contribution in [0.1, 0.15) is 22.5 Å². The van der Waals surface area contributed by atoms with Gasteiger partial charge in [-0.2, -0.15) is 5.10 Å². The second kappa shape index (κ2) is 8.08. The normalized spacial score (nSPS) is 15.2. The number of benzene rings is 1. The Hall–Kier alpha value is -2.41. The first-order valence-electron chi connectivity index (χ1n) is 9.20. The number of aromatic nitrogens is 2. The maximum absolute atomic E-state index is 13.8. The van der Waals surface area contributed by atoms with Gasteiger partial charge in [0.15, 0.2) is 11.6 Å². The van der Waals surface area contributed by atoms with Crippen LogP contribution in [-0.4, -0.2) is 58.8 Å². The third-order valence-electron chi connectivity index (χ3n) is 5.33. The Morgan fingerprint density at radius 3 is 2.48 bits per heavy atom. The number of halogens is 1. The van der Waals surface area contributed by atoms with E-state index >= 15 is 0 Å². The molecular weight excluding hydrogens is 347 g/mol. The Labute approximate surface area is 159 Å². The Bertz CT molecular complexity index is 826. The molecule has 1 aromatic carbocycles. The Morgan fingerprint density at radius 2 is 1.93 bits per heavy atom. The van der Waals surface area contributed by atoms with E-state index in [9.17, 15) is 9.18 Å². The van der Waals surface area contributed by atoms with E-state index in [1.165, 1.54) is 13.2 Å². The van der Waals surface area contributed by atoms with Crippen molar-refractivity contribution in [1.29, 1.82) is 0 Å². The minimum absolute atomic E-state index is 0.143. The van der Waals surface area contributed by atoms with Crippen molar-refractivity contribution >= 4 is 5.91 Å². The van der Waals surface area contributed by atoms with Gasteiger partial charge in [-0.05, 0) is 31.5 Å². The maximum Gasteiger partial charge on any atom is 0.227 e. The van der Waals surface area contributed by atoms with Crippen LogP contribution in [0.25, 0.3) is 0 Å². The molecule has 1 aliphatic heterocycles. The first kappa shape index (κ1) is 19.4. The first-order valence-corrected chi connectivity index (χ1v) is 9.20. The van der Waals surface area contributed by atoms with Crippen LogP contribution in [0.2, 0.25) is 0 Å². The molecule has 1 amide bonds. The summed E-state index contributed by atoms with van der Waals surface area (Å²) in [4.78, 5) is 16.8. The Balaban J connectivity index is 1.54. The van der Waals surface area contributed by atoms with Crippen LogP contribution in [0.5, 0.6) is 5.75 Å². The fraction of sp³-hybridized carbons (Fsp3) is 0.500. The van der Waals surface area contributed by atoms with Crippen LogP contribution < -0.4 is 4.74 Å². The maximum atomic E-state index is 13.8. The van der Waals surface area contributed by atoms with E-state index in [2.05, 4.69) is 10.00 Å². The molecule has 2 heterocycles. The highest BCUT2D eigenvalue weighted by Crippen LogP contribution is 2.19. The zero-order valence-electron chi connectivity index (χ0n) is 16.5. The number of rotatable bonds is 5. The second-order valence-electron chi connectivity index (χ2n) is 7.08. The quantitative estimate of drug-likeness (QED) is 0.804. The minimum Gasteiger partial charge on any atom is -0.494 e. The van der Waals surface area contributed by atoms with Crippen molar-refractivity contribution in [2.24, 2.45) is 7.05 Å². The molecule has 0 unspecified atom stereocenters. The minimum atomic E-state index is -0.342. The van der Waals surface area contributed by atoms with Crippen molar-refractivity contribution in [3.63, 3.8) is 0 Å². The molecule has 0 bridgehead atoms. The van der Waals surface area contributed by atoms with Gasteiger partial charge in [0.05, 0.1) is 19.2 Å². The standard InChI is InChI=1S/C20H27FN4O2/c1-14-17(15(2)23(3)22-14)12-20(26)25-9-7-24(8-10-25)13-16-5-6-19(27-4)18(21)11-16/h5-6,11H,7-10,12-13H2,1-4H3. The van der Waals surface area contributed by atoms with Crippen LogP contribution in [0.15, 0.2) is 18.2 Å². The third-order valence-corrected chi connectivity index (χ3v) is 5.33. The second-order valence-corrected chi connectivity index (χ2v) is 7.08. The van der Waals surface area contributed by atoms with Crippen LogP contribution in [-0.2, 0) is 24.8 Å². The number of methoxy groups -OCH3 is 1. The number of hydrogen-bond acceptors (Lipinski definition) is 4. The van der Waals surface area contributed by atoms with Gasteiger partial charge < -0.3 is 9.64 Å². The van der Waals surface area contributed by atoms with Crippen LogP contribution in [0.3, 0.4) is 0 Å². The van der Waals surface area contributed by atoms with Crippen molar-refractivity contribution in [2.45, 2.75) is 26.8 Å². The highest BCUT2D eigenvalue weighted by Gasteiger charge is 2.23. The van der Waals surface area contributed by atoms with E-state index in [1.54, 1.807) is 6.07 Å². The molecule has 0 N–H and O–H groups in total.